The summed E-state index contributed by atoms with van der Waals surface area (Å²) in [6, 6.07) is 14.2. The number of aliphatic imine (C=N–C) groups is 2. The molecule has 29 heavy (non-hydrogen) atoms. The van der Waals surface area contributed by atoms with E-state index in [1.807, 2.05) is 41.3 Å². The van der Waals surface area contributed by atoms with Gasteiger partial charge in [0.05, 0.1) is 11.0 Å². The fourth-order valence-electron chi connectivity index (χ4n) is 4.38. The van der Waals surface area contributed by atoms with Gasteiger partial charge in [-0.25, -0.2) is 9.98 Å². The Hall–Kier alpha value is -2.87. The number of imidazole rings is 1. The Morgan fingerprint density at radius 3 is 2.52 bits per heavy atom. The molecular weight excluding hydrogens is 430 g/mol. The quantitative estimate of drug-likeness (QED) is 0.544. The van der Waals surface area contributed by atoms with Crippen molar-refractivity contribution in [3.63, 3.8) is 0 Å². The minimum Gasteiger partial charge on any atom is -0.369 e. The van der Waals surface area contributed by atoms with E-state index in [1.54, 1.807) is 0 Å². The van der Waals surface area contributed by atoms with Crippen LogP contribution in [0.1, 0.15) is 32.1 Å². The van der Waals surface area contributed by atoms with Gasteiger partial charge in [-0.1, -0.05) is 34.5 Å². The number of guanidine groups is 2. The highest BCUT2D eigenvalue weighted by atomic mass is 79.9. The molecule has 1 aliphatic heterocycles. The molecule has 1 fully saturated rings. The highest BCUT2D eigenvalue weighted by Crippen LogP contribution is 2.40. The lowest BCUT2D eigenvalue weighted by atomic mass is 9.87. The third-order valence-corrected chi connectivity index (χ3v) is 6.22. The SMILES string of the molecule is NC1=NC2(CCCCC2)N(c2ccc3nc(-c4ccc(Br)cc4)[nH]c3c2)C(N)=N1. The number of nitrogens with zero attached hydrogens (tertiary/aromatic N) is 4. The maximum atomic E-state index is 6.35. The summed E-state index contributed by atoms with van der Waals surface area (Å²) in [4.78, 5) is 19.2. The van der Waals surface area contributed by atoms with Gasteiger partial charge in [-0.05, 0) is 56.0 Å². The molecule has 0 amide bonds. The van der Waals surface area contributed by atoms with E-state index in [9.17, 15) is 0 Å². The van der Waals surface area contributed by atoms with Crippen LogP contribution in [-0.4, -0.2) is 27.5 Å². The fourth-order valence-corrected chi connectivity index (χ4v) is 4.64. The first kappa shape index (κ1) is 18.2. The van der Waals surface area contributed by atoms with Crippen molar-refractivity contribution in [2.45, 2.75) is 37.8 Å². The highest BCUT2D eigenvalue weighted by Gasteiger charge is 2.42. The van der Waals surface area contributed by atoms with Crippen LogP contribution in [0.2, 0.25) is 0 Å². The second kappa shape index (κ2) is 6.88. The lowest BCUT2D eigenvalue weighted by Crippen LogP contribution is -2.58. The number of aromatic amines is 1. The number of nitrogens with one attached hydrogen (secondary N) is 1. The zero-order valence-corrected chi connectivity index (χ0v) is 17.5. The molecule has 1 saturated carbocycles. The molecule has 5 rings (SSSR count). The van der Waals surface area contributed by atoms with Gasteiger partial charge in [0.1, 0.15) is 11.5 Å². The molecule has 5 N–H and O–H groups in total. The van der Waals surface area contributed by atoms with Crippen LogP contribution in [0.3, 0.4) is 0 Å². The summed E-state index contributed by atoms with van der Waals surface area (Å²) in [5.41, 5.74) is 15.7. The lowest BCUT2D eigenvalue weighted by molar-refractivity contribution is 0.305. The van der Waals surface area contributed by atoms with E-state index in [2.05, 4.69) is 32.0 Å². The summed E-state index contributed by atoms with van der Waals surface area (Å²) in [6.07, 6.45) is 5.23. The summed E-state index contributed by atoms with van der Waals surface area (Å²) in [7, 11) is 0. The molecule has 8 heteroatoms. The summed E-state index contributed by atoms with van der Waals surface area (Å²) < 4.78 is 1.04. The first-order valence-electron chi connectivity index (χ1n) is 9.80. The Balaban J connectivity index is 1.57. The smallest absolute Gasteiger partial charge is 0.220 e. The molecular formula is C21H22BrN7. The molecule has 7 nitrogen and oxygen atoms in total. The van der Waals surface area contributed by atoms with Crippen LogP contribution < -0.4 is 16.4 Å². The number of hydrogen-bond acceptors (Lipinski definition) is 6. The van der Waals surface area contributed by atoms with Crippen molar-refractivity contribution >= 4 is 44.6 Å². The zero-order valence-electron chi connectivity index (χ0n) is 15.9. The molecule has 3 aromatic rings. The zero-order chi connectivity index (χ0) is 20.0. The van der Waals surface area contributed by atoms with Gasteiger partial charge in [0.15, 0.2) is 0 Å². The molecule has 0 bridgehead atoms. The lowest BCUT2D eigenvalue weighted by Gasteiger charge is -2.45. The van der Waals surface area contributed by atoms with E-state index < -0.39 is 5.66 Å². The van der Waals surface area contributed by atoms with E-state index in [4.69, 9.17) is 21.4 Å². The molecule has 0 radical (unpaired) electrons. The number of hydrogen-bond donors (Lipinski definition) is 3. The number of H-pyrrole nitrogens is 1. The van der Waals surface area contributed by atoms with Crippen molar-refractivity contribution in [1.29, 1.82) is 0 Å². The minimum absolute atomic E-state index is 0.265. The number of fused-ring (bicyclic) bond motifs is 1. The average Bonchev–Trinajstić information content (AvgIpc) is 3.12. The van der Waals surface area contributed by atoms with Crippen molar-refractivity contribution in [2.75, 3.05) is 4.90 Å². The number of anilines is 1. The molecule has 1 aromatic heterocycles. The van der Waals surface area contributed by atoms with Gasteiger partial charge in [-0.3, -0.25) is 4.90 Å². The van der Waals surface area contributed by atoms with Crippen LogP contribution in [0.25, 0.3) is 22.4 Å². The van der Waals surface area contributed by atoms with Gasteiger partial charge in [0, 0.05) is 15.7 Å². The second-order valence-corrected chi connectivity index (χ2v) is 8.53. The first-order chi connectivity index (χ1) is 14.0. The summed E-state index contributed by atoms with van der Waals surface area (Å²) >= 11 is 3.47. The van der Waals surface area contributed by atoms with Crippen LogP contribution in [0, 0.1) is 0 Å². The monoisotopic (exact) mass is 451 g/mol. The average molecular weight is 452 g/mol. The predicted octanol–water partition coefficient (Wildman–Crippen LogP) is 4.10. The minimum atomic E-state index is -0.448. The van der Waals surface area contributed by atoms with Crippen LogP contribution in [0.5, 0.6) is 0 Å². The first-order valence-corrected chi connectivity index (χ1v) is 10.6. The van der Waals surface area contributed by atoms with Crippen molar-refractivity contribution in [3.05, 3.63) is 46.9 Å². The fraction of sp³-hybridized carbons (Fsp3) is 0.286. The molecule has 148 valence electrons. The van der Waals surface area contributed by atoms with Gasteiger partial charge >= 0.3 is 0 Å². The van der Waals surface area contributed by atoms with Crippen LogP contribution in [0.15, 0.2) is 56.9 Å². The Morgan fingerprint density at radius 1 is 1.00 bits per heavy atom. The topological polar surface area (TPSA) is 109 Å². The molecule has 2 aromatic carbocycles. The summed E-state index contributed by atoms with van der Waals surface area (Å²) in [5, 5.41) is 0. The normalized spacial score (nSPS) is 18.7. The van der Waals surface area contributed by atoms with Gasteiger partial charge in [-0.2, -0.15) is 4.99 Å². The maximum Gasteiger partial charge on any atom is 0.220 e. The largest absolute Gasteiger partial charge is 0.369 e. The van der Waals surface area contributed by atoms with E-state index in [0.29, 0.717) is 5.96 Å². The van der Waals surface area contributed by atoms with Gasteiger partial charge in [0.2, 0.25) is 11.9 Å². The van der Waals surface area contributed by atoms with Crippen LogP contribution in [-0.2, 0) is 0 Å². The van der Waals surface area contributed by atoms with Gasteiger partial charge < -0.3 is 16.5 Å². The standard InChI is InChI=1S/C21H22BrN7/c22-14-6-4-13(5-7-14)18-25-16-9-8-15(12-17(16)26-18)29-20(24)27-19(23)28-21(29)10-2-1-3-11-21/h4-9,12H,1-3,10-11H2,(H,25,26)(H4,23,24,27,28). The molecule has 2 aliphatic rings. The Morgan fingerprint density at radius 2 is 1.76 bits per heavy atom. The molecule has 0 unspecified atom stereocenters. The van der Waals surface area contributed by atoms with E-state index in [-0.39, 0.29) is 5.96 Å². The van der Waals surface area contributed by atoms with Crippen molar-refractivity contribution in [1.82, 2.24) is 9.97 Å². The molecule has 2 heterocycles. The number of rotatable bonds is 2. The molecule has 1 aliphatic carbocycles. The summed E-state index contributed by atoms with van der Waals surface area (Å²) in [5.74, 6) is 1.49. The summed E-state index contributed by atoms with van der Waals surface area (Å²) in [6.45, 7) is 0. The van der Waals surface area contributed by atoms with Gasteiger partial charge in [0.25, 0.3) is 0 Å². The Kier molecular flexibility index (Phi) is 4.31. The van der Waals surface area contributed by atoms with Crippen LogP contribution >= 0.6 is 15.9 Å². The molecule has 1 spiro atoms. The van der Waals surface area contributed by atoms with Crippen molar-refractivity contribution in [2.24, 2.45) is 21.5 Å². The highest BCUT2D eigenvalue weighted by molar-refractivity contribution is 9.10. The van der Waals surface area contributed by atoms with Gasteiger partial charge in [-0.15, -0.1) is 0 Å². The van der Waals surface area contributed by atoms with E-state index in [1.165, 1.54) is 6.42 Å². The number of nitrogens with two attached hydrogens (primary N) is 2. The number of aromatic nitrogens is 2. The third-order valence-electron chi connectivity index (χ3n) is 5.69. The van der Waals surface area contributed by atoms with E-state index in [0.717, 1.165) is 58.3 Å². The third kappa shape index (κ3) is 3.17. The maximum absolute atomic E-state index is 6.35. The van der Waals surface area contributed by atoms with Crippen molar-refractivity contribution in [3.8, 4) is 11.4 Å². The molecule has 0 atom stereocenters. The number of halogens is 1. The second-order valence-electron chi connectivity index (χ2n) is 7.61. The Bertz CT molecular complexity index is 1120. The predicted molar refractivity (Wildman–Crippen MR) is 121 cm³/mol. The van der Waals surface area contributed by atoms with E-state index >= 15 is 0 Å². The van der Waals surface area contributed by atoms with Crippen molar-refractivity contribution < 1.29 is 0 Å². The Labute approximate surface area is 177 Å². The van der Waals surface area contributed by atoms with Crippen LogP contribution in [0.4, 0.5) is 5.69 Å². The molecule has 0 saturated heterocycles. The number of benzene rings is 2.